The third-order valence-electron chi connectivity index (χ3n) is 2.97. The molecule has 88 valence electrons. The Bertz CT molecular complexity index is 375. The average Bonchev–Trinajstić information content (AvgIpc) is 2.87. The first-order chi connectivity index (χ1) is 7.69. The number of hydrogen-bond acceptors (Lipinski definition) is 4. The van der Waals surface area contributed by atoms with Crippen LogP contribution in [0.4, 0.5) is 0 Å². The Hall–Kier alpha value is -1.36. The molecule has 0 N–H and O–H groups in total. The molecule has 2 heterocycles. The molecule has 2 rings (SSSR count). The van der Waals surface area contributed by atoms with Crippen LogP contribution in [0.25, 0.3) is 0 Å². The lowest BCUT2D eigenvalue weighted by Crippen LogP contribution is -2.23. The van der Waals surface area contributed by atoms with E-state index in [1.54, 1.807) is 4.68 Å². The SMILES string of the molecule is COC(=O)C1CCN(Cc2cnn(C)c2)C1. The van der Waals surface area contributed by atoms with Crippen LogP contribution in [0.5, 0.6) is 0 Å². The van der Waals surface area contributed by atoms with E-state index >= 15 is 0 Å². The maximum Gasteiger partial charge on any atom is 0.310 e. The van der Waals surface area contributed by atoms with Crippen molar-refractivity contribution < 1.29 is 9.53 Å². The lowest BCUT2D eigenvalue weighted by molar-refractivity contribution is -0.144. The van der Waals surface area contributed by atoms with E-state index in [-0.39, 0.29) is 11.9 Å². The molecule has 16 heavy (non-hydrogen) atoms. The van der Waals surface area contributed by atoms with Gasteiger partial charge in [0.2, 0.25) is 0 Å². The van der Waals surface area contributed by atoms with Gasteiger partial charge in [0.05, 0.1) is 19.2 Å². The van der Waals surface area contributed by atoms with E-state index in [2.05, 4.69) is 10.00 Å². The number of nitrogens with zero attached hydrogens (tertiary/aromatic N) is 3. The molecular weight excluding hydrogens is 206 g/mol. The van der Waals surface area contributed by atoms with Gasteiger partial charge in [0, 0.05) is 31.9 Å². The smallest absolute Gasteiger partial charge is 0.310 e. The van der Waals surface area contributed by atoms with Gasteiger partial charge >= 0.3 is 5.97 Å². The fourth-order valence-corrected chi connectivity index (χ4v) is 2.15. The number of esters is 1. The summed E-state index contributed by atoms with van der Waals surface area (Å²) in [5, 5.41) is 4.13. The molecule has 1 atom stereocenters. The van der Waals surface area contributed by atoms with E-state index < -0.39 is 0 Å². The van der Waals surface area contributed by atoms with E-state index in [4.69, 9.17) is 4.74 Å². The summed E-state index contributed by atoms with van der Waals surface area (Å²) in [6.45, 7) is 2.61. The number of carbonyl (C=O) groups excluding carboxylic acids is 1. The second-order valence-electron chi connectivity index (χ2n) is 4.27. The van der Waals surface area contributed by atoms with E-state index in [0.29, 0.717) is 0 Å². The summed E-state index contributed by atoms with van der Waals surface area (Å²) in [6.07, 6.45) is 4.77. The van der Waals surface area contributed by atoms with Gasteiger partial charge in [0.15, 0.2) is 0 Å². The molecule has 1 aliphatic heterocycles. The Kier molecular flexibility index (Phi) is 3.24. The third kappa shape index (κ3) is 2.41. The number of aromatic nitrogens is 2. The van der Waals surface area contributed by atoms with Gasteiger partial charge in [-0.05, 0) is 13.0 Å². The largest absolute Gasteiger partial charge is 0.469 e. The molecule has 1 aromatic heterocycles. The van der Waals surface area contributed by atoms with E-state index in [1.165, 1.54) is 12.7 Å². The number of likely N-dealkylation sites (tertiary alicyclic amines) is 1. The fourth-order valence-electron chi connectivity index (χ4n) is 2.15. The highest BCUT2D eigenvalue weighted by molar-refractivity contribution is 5.72. The normalized spacial score (nSPS) is 21.2. The van der Waals surface area contributed by atoms with Crippen molar-refractivity contribution in [2.75, 3.05) is 20.2 Å². The van der Waals surface area contributed by atoms with Crippen LogP contribution in [0.3, 0.4) is 0 Å². The van der Waals surface area contributed by atoms with Crippen LogP contribution >= 0.6 is 0 Å². The highest BCUT2D eigenvalue weighted by Gasteiger charge is 2.28. The van der Waals surface area contributed by atoms with Crippen molar-refractivity contribution in [1.29, 1.82) is 0 Å². The predicted molar refractivity (Wildman–Crippen MR) is 58.6 cm³/mol. The fraction of sp³-hybridized carbons (Fsp3) is 0.636. The Morgan fingerprint density at radius 2 is 2.50 bits per heavy atom. The van der Waals surface area contributed by atoms with Gasteiger partial charge in [-0.1, -0.05) is 0 Å². The van der Waals surface area contributed by atoms with Crippen molar-refractivity contribution in [3.63, 3.8) is 0 Å². The van der Waals surface area contributed by atoms with Crippen molar-refractivity contribution in [3.05, 3.63) is 18.0 Å². The van der Waals surface area contributed by atoms with Gasteiger partial charge in [0.1, 0.15) is 0 Å². The zero-order chi connectivity index (χ0) is 11.5. The molecule has 1 saturated heterocycles. The Balaban J connectivity index is 1.87. The van der Waals surface area contributed by atoms with Gasteiger partial charge in [0.25, 0.3) is 0 Å². The second kappa shape index (κ2) is 4.65. The van der Waals surface area contributed by atoms with E-state index in [1.807, 2.05) is 19.4 Å². The quantitative estimate of drug-likeness (QED) is 0.697. The molecule has 5 heteroatoms. The van der Waals surface area contributed by atoms with E-state index in [9.17, 15) is 4.79 Å². The molecule has 0 aliphatic carbocycles. The summed E-state index contributed by atoms with van der Waals surface area (Å²) in [7, 11) is 3.36. The van der Waals surface area contributed by atoms with Crippen LogP contribution in [0, 0.1) is 5.92 Å². The molecule has 0 amide bonds. The molecule has 0 bridgehead atoms. The number of hydrogen-bond donors (Lipinski definition) is 0. The molecule has 0 radical (unpaired) electrons. The number of carbonyl (C=O) groups is 1. The summed E-state index contributed by atoms with van der Waals surface area (Å²) < 4.78 is 6.55. The summed E-state index contributed by atoms with van der Waals surface area (Å²) in [6, 6.07) is 0. The Morgan fingerprint density at radius 1 is 1.69 bits per heavy atom. The predicted octanol–water partition coefficient (Wildman–Crippen LogP) is 0.415. The van der Waals surface area contributed by atoms with Gasteiger partial charge in [-0.15, -0.1) is 0 Å². The van der Waals surface area contributed by atoms with Crippen molar-refractivity contribution in [2.45, 2.75) is 13.0 Å². The minimum Gasteiger partial charge on any atom is -0.469 e. The van der Waals surface area contributed by atoms with Gasteiger partial charge in [-0.3, -0.25) is 14.4 Å². The lowest BCUT2D eigenvalue weighted by atomic mass is 10.1. The van der Waals surface area contributed by atoms with Crippen LogP contribution in [0.2, 0.25) is 0 Å². The standard InChI is InChI=1S/C11H17N3O2/c1-13-6-9(5-12-13)7-14-4-3-10(8-14)11(15)16-2/h5-6,10H,3-4,7-8H2,1-2H3. The van der Waals surface area contributed by atoms with Crippen LogP contribution in [0.1, 0.15) is 12.0 Å². The maximum absolute atomic E-state index is 11.4. The van der Waals surface area contributed by atoms with E-state index in [0.717, 1.165) is 26.1 Å². The summed E-state index contributed by atoms with van der Waals surface area (Å²) in [5.41, 5.74) is 1.19. The summed E-state index contributed by atoms with van der Waals surface area (Å²) in [4.78, 5) is 13.6. The molecule has 1 aromatic rings. The monoisotopic (exact) mass is 223 g/mol. The van der Waals surface area contributed by atoms with Crippen LogP contribution in [0.15, 0.2) is 12.4 Å². The minimum atomic E-state index is -0.0892. The zero-order valence-electron chi connectivity index (χ0n) is 9.72. The van der Waals surface area contributed by atoms with Gasteiger partial charge < -0.3 is 4.74 Å². The number of methoxy groups -OCH3 is 1. The maximum atomic E-state index is 11.4. The average molecular weight is 223 g/mol. The topological polar surface area (TPSA) is 47.4 Å². The highest BCUT2D eigenvalue weighted by atomic mass is 16.5. The van der Waals surface area contributed by atoms with Gasteiger partial charge in [-0.25, -0.2) is 0 Å². The lowest BCUT2D eigenvalue weighted by Gasteiger charge is -2.13. The second-order valence-corrected chi connectivity index (χ2v) is 4.27. The summed E-state index contributed by atoms with van der Waals surface area (Å²) >= 11 is 0. The molecule has 1 aliphatic rings. The molecule has 1 unspecified atom stereocenters. The Labute approximate surface area is 95.0 Å². The van der Waals surface area contributed by atoms with Crippen molar-refractivity contribution in [1.82, 2.24) is 14.7 Å². The molecule has 0 spiro atoms. The molecule has 5 nitrogen and oxygen atoms in total. The molecule has 0 saturated carbocycles. The first-order valence-corrected chi connectivity index (χ1v) is 5.46. The highest BCUT2D eigenvalue weighted by Crippen LogP contribution is 2.19. The first-order valence-electron chi connectivity index (χ1n) is 5.46. The molecular formula is C11H17N3O2. The van der Waals surface area contributed by atoms with Crippen molar-refractivity contribution in [2.24, 2.45) is 13.0 Å². The molecule has 1 fully saturated rings. The third-order valence-corrected chi connectivity index (χ3v) is 2.97. The number of ether oxygens (including phenoxy) is 1. The van der Waals surface area contributed by atoms with Crippen molar-refractivity contribution >= 4 is 5.97 Å². The van der Waals surface area contributed by atoms with Crippen LogP contribution in [-0.2, 0) is 23.1 Å². The number of rotatable bonds is 3. The van der Waals surface area contributed by atoms with Gasteiger partial charge in [-0.2, -0.15) is 5.10 Å². The van der Waals surface area contributed by atoms with Crippen LogP contribution in [-0.4, -0.2) is 40.8 Å². The zero-order valence-corrected chi connectivity index (χ0v) is 9.72. The summed E-state index contributed by atoms with van der Waals surface area (Å²) in [5.74, 6) is -0.0460. The van der Waals surface area contributed by atoms with Crippen molar-refractivity contribution in [3.8, 4) is 0 Å². The van der Waals surface area contributed by atoms with Crippen LogP contribution < -0.4 is 0 Å². The Morgan fingerprint density at radius 3 is 3.12 bits per heavy atom. The first kappa shape index (κ1) is 11.1. The minimum absolute atomic E-state index is 0.0432. The number of aryl methyl sites for hydroxylation is 1. The molecule has 0 aromatic carbocycles.